The lowest BCUT2D eigenvalue weighted by Gasteiger charge is -2.32. The Morgan fingerprint density at radius 3 is 2.63 bits per heavy atom. The van der Waals surface area contributed by atoms with Crippen LogP contribution in [0.3, 0.4) is 0 Å². The molecule has 0 aromatic heterocycles. The number of ether oxygens (including phenoxy) is 2. The fraction of sp³-hybridized carbons (Fsp3) is 0.407. The molecular weight excluding hydrogens is 487 g/mol. The maximum absolute atomic E-state index is 12.7. The molecule has 3 aliphatic rings. The SMILES string of the molecule is O=C(NC1CCN(CCCCOc2cccc3c2C(=O)C(=C2CC2)O3)CC1)c1ccc(Cl)c(Cl)c1. The van der Waals surface area contributed by atoms with Gasteiger partial charge in [0.1, 0.15) is 17.1 Å². The van der Waals surface area contributed by atoms with Gasteiger partial charge in [-0.1, -0.05) is 29.3 Å². The van der Waals surface area contributed by atoms with Gasteiger partial charge in [-0.3, -0.25) is 9.59 Å². The summed E-state index contributed by atoms with van der Waals surface area (Å²) in [5.74, 6) is 1.57. The second-order valence-electron chi connectivity index (χ2n) is 9.27. The van der Waals surface area contributed by atoms with Crippen molar-refractivity contribution in [1.29, 1.82) is 0 Å². The third-order valence-electron chi connectivity index (χ3n) is 6.69. The fourth-order valence-corrected chi connectivity index (χ4v) is 4.86. The highest BCUT2D eigenvalue weighted by Crippen LogP contribution is 2.43. The van der Waals surface area contributed by atoms with Crippen molar-refractivity contribution in [2.45, 2.75) is 44.6 Å². The van der Waals surface area contributed by atoms with Crippen LogP contribution in [0, 0.1) is 0 Å². The molecule has 1 amide bonds. The molecule has 2 heterocycles. The highest BCUT2D eigenvalue weighted by molar-refractivity contribution is 6.42. The second-order valence-corrected chi connectivity index (χ2v) is 10.1. The van der Waals surface area contributed by atoms with Gasteiger partial charge in [0.15, 0.2) is 5.76 Å². The fourth-order valence-electron chi connectivity index (χ4n) is 4.56. The Labute approximate surface area is 215 Å². The van der Waals surface area contributed by atoms with Gasteiger partial charge in [-0.05, 0) is 81.0 Å². The summed E-state index contributed by atoms with van der Waals surface area (Å²) in [6, 6.07) is 10.6. The van der Waals surface area contributed by atoms with Crippen molar-refractivity contribution in [3.8, 4) is 11.5 Å². The number of allylic oxidation sites excluding steroid dienone is 2. The summed E-state index contributed by atoms with van der Waals surface area (Å²) in [5.41, 5.74) is 2.20. The number of nitrogens with zero attached hydrogens (tertiary/aromatic N) is 1. The first-order chi connectivity index (χ1) is 17.0. The second kappa shape index (κ2) is 10.6. The van der Waals surface area contributed by atoms with E-state index in [1.54, 1.807) is 18.2 Å². The number of hydrogen-bond acceptors (Lipinski definition) is 5. The highest BCUT2D eigenvalue weighted by Gasteiger charge is 2.36. The monoisotopic (exact) mass is 514 g/mol. The van der Waals surface area contributed by atoms with Crippen LogP contribution >= 0.6 is 23.2 Å². The molecule has 1 saturated carbocycles. The number of fused-ring (bicyclic) bond motifs is 1. The van der Waals surface area contributed by atoms with Gasteiger partial charge in [-0.15, -0.1) is 0 Å². The summed E-state index contributed by atoms with van der Waals surface area (Å²) in [7, 11) is 0. The Balaban J connectivity index is 1.01. The predicted octanol–water partition coefficient (Wildman–Crippen LogP) is 5.67. The molecule has 5 rings (SSSR count). The van der Waals surface area contributed by atoms with Crippen molar-refractivity contribution < 1.29 is 19.1 Å². The van der Waals surface area contributed by atoms with Gasteiger partial charge in [0.25, 0.3) is 5.91 Å². The quantitative estimate of drug-likeness (QED) is 0.363. The highest BCUT2D eigenvalue weighted by atomic mass is 35.5. The van der Waals surface area contributed by atoms with E-state index in [0.717, 1.165) is 63.7 Å². The van der Waals surface area contributed by atoms with Crippen molar-refractivity contribution in [1.82, 2.24) is 10.2 Å². The maximum atomic E-state index is 12.7. The summed E-state index contributed by atoms with van der Waals surface area (Å²) >= 11 is 12.0. The first kappa shape index (κ1) is 24.2. The standard InChI is InChI=1S/C27H28Cl2N2O4/c28-20-9-8-18(16-21(20)29)27(33)30-19-10-13-31(14-11-19)12-1-2-15-34-22-4-3-5-23-24(22)25(32)26(35-23)17-6-7-17/h3-5,8-9,16,19H,1-2,6-7,10-15H2,(H,30,33). The van der Waals surface area contributed by atoms with Crippen LogP contribution in [0.2, 0.25) is 10.0 Å². The summed E-state index contributed by atoms with van der Waals surface area (Å²) in [4.78, 5) is 27.6. The molecule has 1 N–H and O–H groups in total. The van der Waals surface area contributed by atoms with Crippen LogP contribution < -0.4 is 14.8 Å². The predicted molar refractivity (Wildman–Crippen MR) is 136 cm³/mol. The van der Waals surface area contributed by atoms with E-state index in [2.05, 4.69) is 10.2 Å². The van der Waals surface area contributed by atoms with Gasteiger partial charge in [0.2, 0.25) is 5.78 Å². The molecule has 1 aliphatic carbocycles. The molecule has 2 aliphatic heterocycles. The van der Waals surface area contributed by atoms with Crippen LogP contribution in [0.15, 0.2) is 47.7 Å². The number of hydrogen-bond donors (Lipinski definition) is 1. The number of piperidine rings is 1. The molecular formula is C27H28Cl2N2O4. The van der Waals surface area contributed by atoms with E-state index in [1.807, 2.05) is 18.2 Å². The Kier molecular flexibility index (Phi) is 7.32. The first-order valence-corrected chi connectivity index (χ1v) is 12.9. The van der Waals surface area contributed by atoms with E-state index in [9.17, 15) is 9.59 Å². The number of nitrogens with one attached hydrogen (secondary N) is 1. The van der Waals surface area contributed by atoms with Gasteiger partial charge in [0.05, 0.1) is 16.7 Å². The number of amides is 1. The third kappa shape index (κ3) is 5.66. The largest absolute Gasteiger partial charge is 0.493 e. The Bertz CT molecular complexity index is 1170. The van der Waals surface area contributed by atoms with Crippen LogP contribution in [0.25, 0.3) is 0 Å². The lowest BCUT2D eigenvalue weighted by Crippen LogP contribution is -2.44. The van der Waals surface area contributed by atoms with E-state index < -0.39 is 0 Å². The van der Waals surface area contributed by atoms with Crippen molar-refractivity contribution >= 4 is 34.9 Å². The smallest absolute Gasteiger partial charge is 0.251 e. The van der Waals surface area contributed by atoms with Crippen molar-refractivity contribution in [2.75, 3.05) is 26.2 Å². The summed E-state index contributed by atoms with van der Waals surface area (Å²) < 4.78 is 11.7. The molecule has 2 fully saturated rings. The molecule has 0 unspecified atom stereocenters. The topological polar surface area (TPSA) is 67.9 Å². The number of unbranched alkanes of at least 4 members (excludes halogenated alkanes) is 1. The van der Waals surface area contributed by atoms with Gasteiger partial charge in [-0.25, -0.2) is 0 Å². The molecule has 0 radical (unpaired) electrons. The van der Waals surface area contributed by atoms with Crippen molar-refractivity contribution in [2.24, 2.45) is 0 Å². The summed E-state index contributed by atoms with van der Waals surface area (Å²) in [6.45, 7) is 3.44. The third-order valence-corrected chi connectivity index (χ3v) is 7.42. The summed E-state index contributed by atoms with van der Waals surface area (Å²) in [5, 5.41) is 3.93. The van der Waals surface area contributed by atoms with Crippen LogP contribution in [0.1, 0.15) is 59.2 Å². The average molecular weight is 515 g/mol. The normalized spacial score (nSPS) is 17.8. The van der Waals surface area contributed by atoms with Gasteiger partial charge < -0.3 is 19.7 Å². The van der Waals surface area contributed by atoms with Gasteiger partial charge in [0, 0.05) is 24.7 Å². The van der Waals surface area contributed by atoms with E-state index in [4.69, 9.17) is 32.7 Å². The van der Waals surface area contributed by atoms with E-state index in [0.29, 0.717) is 45.0 Å². The van der Waals surface area contributed by atoms with Crippen LogP contribution in [-0.2, 0) is 0 Å². The van der Waals surface area contributed by atoms with Crippen LogP contribution in [0.5, 0.6) is 11.5 Å². The molecule has 8 heteroatoms. The van der Waals surface area contributed by atoms with Crippen molar-refractivity contribution in [3.63, 3.8) is 0 Å². The number of carbonyl (C=O) groups is 2. The van der Waals surface area contributed by atoms with E-state index in [-0.39, 0.29) is 17.7 Å². The number of halogens is 2. The summed E-state index contributed by atoms with van der Waals surface area (Å²) in [6.07, 6.45) is 5.65. The molecule has 2 aromatic carbocycles. The number of likely N-dealkylation sites (tertiary alicyclic amines) is 1. The Morgan fingerprint density at radius 1 is 1.09 bits per heavy atom. The lowest BCUT2D eigenvalue weighted by molar-refractivity contribution is 0.0909. The minimum absolute atomic E-state index is 0.0442. The number of rotatable bonds is 8. The van der Waals surface area contributed by atoms with E-state index in [1.165, 1.54) is 0 Å². The van der Waals surface area contributed by atoms with E-state index >= 15 is 0 Å². The molecule has 184 valence electrons. The molecule has 2 aromatic rings. The average Bonchev–Trinajstić information content (AvgIpc) is 3.64. The minimum atomic E-state index is -0.115. The first-order valence-electron chi connectivity index (χ1n) is 12.2. The van der Waals surface area contributed by atoms with Crippen LogP contribution in [-0.4, -0.2) is 48.9 Å². The minimum Gasteiger partial charge on any atom is -0.493 e. The lowest BCUT2D eigenvalue weighted by atomic mass is 10.0. The van der Waals surface area contributed by atoms with Crippen LogP contribution in [0.4, 0.5) is 0 Å². The molecule has 1 saturated heterocycles. The Hall–Kier alpha value is -2.54. The number of carbonyl (C=O) groups excluding carboxylic acids is 2. The zero-order valence-corrected chi connectivity index (χ0v) is 21.0. The van der Waals surface area contributed by atoms with Gasteiger partial charge >= 0.3 is 0 Å². The number of benzene rings is 2. The van der Waals surface area contributed by atoms with Gasteiger partial charge in [-0.2, -0.15) is 0 Å². The zero-order chi connectivity index (χ0) is 24.4. The number of Topliss-reactive ketones (excluding diaryl/α,β-unsaturated/α-hetero) is 1. The molecule has 0 spiro atoms. The molecule has 0 bridgehead atoms. The molecule has 0 atom stereocenters. The molecule has 6 nitrogen and oxygen atoms in total. The number of ketones is 1. The molecule has 35 heavy (non-hydrogen) atoms. The maximum Gasteiger partial charge on any atom is 0.251 e. The Morgan fingerprint density at radius 2 is 1.89 bits per heavy atom. The zero-order valence-electron chi connectivity index (χ0n) is 19.4. The van der Waals surface area contributed by atoms with Crippen molar-refractivity contribution in [3.05, 3.63) is 68.9 Å².